The van der Waals surface area contributed by atoms with Gasteiger partial charge in [0.25, 0.3) is 0 Å². The normalized spacial score (nSPS) is 10.0. The fourth-order valence-electron chi connectivity index (χ4n) is 1.77. The summed E-state index contributed by atoms with van der Waals surface area (Å²) in [5.41, 5.74) is 1.85. The van der Waals surface area contributed by atoms with Gasteiger partial charge < -0.3 is 10.2 Å². The molecule has 0 unspecified atom stereocenters. The van der Waals surface area contributed by atoms with E-state index in [1.807, 2.05) is 50.2 Å². The van der Waals surface area contributed by atoms with Gasteiger partial charge in [-0.25, -0.2) is 14.8 Å². The number of hydrogen-bond acceptors (Lipinski definition) is 4. The van der Waals surface area contributed by atoms with Crippen molar-refractivity contribution in [2.24, 2.45) is 0 Å². The van der Waals surface area contributed by atoms with E-state index in [0.717, 1.165) is 17.1 Å². The number of anilines is 2. The molecule has 6 nitrogen and oxygen atoms in total. The molecule has 110 valence electrons. The van der Waals surface area contributed by atoms with Crippen LogP contribution in [0.15, 0.2) is 36.5 Å². The third-order valence-electron chi connectivity index (χ3n) is 2.85. The van der Waals surface area contributed by atoms with Gasteiger partial charge in [-0.05, 0) is 36.8 Å². The Labute approximate surface area is 124 Å². The summed E-state index contributed by atoms with van der Waals surface area (Å²) in [6.07, 6.45) is 1.73. The maximum atomic E-state index is 11.8. The average Bonchev–Trinajstić information content (AvgIpc) is 2.45. The Morgan fingerprint density at radius 2 is 2.10 bits per heavy atom. The lowest BCUT2D eigenvalue weighted by Crippen LogP contribution is -2.28. The van der Waals surface area contributed by atoms with Crippen LogP contribution in [0.3, 0.4) is 0 Å². The highest BCUT2D eigenvalue weighted by atomic mass is 16.2. The summed E-state index contributed by atoms with van der Waals surface area (Å²) in [5.74, 6) is 1.39. The summed E-state index contributed by atoms with van der Waals surface area (Å²) < 4.78 is 0. The van der Waals surface area contributed by atoms with E-state index in [4.69, 9.17) is 0 Å². The van der Waals surface area contributed by atoms with Crippen molar-refractivity contribution in [3.05, 3.63) is 47.8 Å². The number of nitrogens with zero attached hydrogens (tertiary/aromatic N) is 3. The molecular weight excluding hydrogens is 266 g/mol. The smallest absolute Gasteiger partial charge is 0.320 e. The van der Waals surface area contributed by atoms with Gasteiger partial charge in [-0.3, -0.25) is 5.32 Å². The molecule has 0 aliphatic heterocycles. The molecule has 0 saturated heterocycles. The van der Waals surface area contributed by atoms with E-state index >= 15 is 0 Å². The molecule has 0 saturated carbocycles. The summed E-state index contributed by atoms with van der Waals surface area (Å²) in [6.45, 7) is 2.31. The van der Waals surface area contributed by atoms with Crippen LogP contribution < -0.4 is 15.5 Å². The SMILES string of the molecule is Cc1cccc(NC(=O)NCc2ccnc(N(C)C)c2)n1. The average molecular weight is 285 g/mol. The van der Waals surface area contributed by atoms with Crippen LogP contribution in [0, 0.1) is 6.92 Å². The molecular formula is C15H19N5O. The van der Waals surface area contributed by atoms with Crippen LogP contribution in [0.2, 0.25) is 0 Å². The lowest BCUT2D eigenvalue weighted by molar-refractivity contribution is 0.251. The fourth-order valence-corrected chi connectivity index (χ4v) is 1.77. The highest BCUT2D eigenvalue weighted by molar-refractivity contribution is 5.88. The molecule has 0 aliphatic carbocycles. The Balaban J connectivity index is 1.90. The van der Waals surface area contributed by atoms with Crippen molar-refractivity contribution in [1.82, 2.24) is 15.3 Å². The summed E-state index contributed by atoms with van der Waals surface area (Å²) in [4.78, 5) is 22.2. The van der Waals surface area contributed by atoms with Crippen LogP contribution in [-0.4, -0.2) is 30.1 Å². The Morgan fingerprint density at radius 1 is 1.29 bits per heavy atom. The summed E-state index contributed by atoms with van der Waals surface area (Å²) in [7, 11) is 3.85. The number of nitrogens with one attached hydrogen (secondary N) is 2. The van der Waals surface area contributed by atoms with Gasteiger partial charge in [-0.1, -0.05) is 6.07 Å². The highest BCUT2D eigenvalue weighted by Gasteiger charge is 2.04. The zero-order valence-corrected chi connectivity index (χ0v) is 12.4. The van der Waals surface area contributed by atoms with E-state index in [2.05, 4.69) is 20.6 Å². The molecule has 0 aliphatic rings. The molecule has 0 fully saturated rings. The standard InChI is InChI=1S/C15H19N5O/c1-11-5-4-6-13(18-11)19-15(21)17-10-12-7-8-16-14(9-12)20(2)3/h4-9H,10H2,1-3H3,(H2,17,18,19,21). The maximum Gasteiger partial charge on any atom is 0.320 e. The molecule has 2 heterocycles. The number of aromatic nitrogens is 2. The second kappa shape index (κ2) is 6.69. The molecule has 2 amide bonds. The molecule has 0 radical (unpaired) electrons. The quantitative estimate of drug-likeness (QED) is 0.903. The fraction of sp³-hybridized carbons (Fsp3) is 0.267. The zero-order chi connectivity index (χ0) is 15.2. The highest BCUT2D eigenvalue weighted by Crippen LogP contribution is 2.09. The molecule has 2 rings (SSSR count). The van der Waals surface area contributed by atoms with E-state index in [1.165, 1.54) is 0 Å². The van der Waals surface area contributed by atoms with Gasteiger partial charge in [-0.2, -0.15) is 0 Å². The Morgan fingerprint density at radius 3 is 2.81 bits per heavy atom. The lowest BCUT2D eigenvalue weighted by atomic mass is 10.2. The summed E-state index contributed by atoms with van der Waals surface area (Å²) >= 11 is 0. The van der Waals surface area contributed by atoms with E-state index in [-0.39, 0.29) is 6.03 Å². The van der Waals surface area contributed by atoms with Crippen LogP contribution in [0.25, 0.3) is 0 Å². The first-order valence-corrected chi connectivity index (χ1v) is 6.65. The van der Waals surface area contributed by atoms with Gasteiger partial charge >= 0.3 is 6.03 Å². The zero-order valence-electron chi connectivity index (χ0n) is 12.4. The Kier molecular flexibility index (Phi) is 4.71. The molecule has 2 aromatic heterocycles. The largest absolute Gasteiger partial charge is 0.363 e. The van der Waals surface area contributed by atoms with Crippen LogP contribution in [0.1, 0.15) is 11.3 Å². The molecule has 6 heteroatoms. The topological polar surface area (TPSA) is 70.2 Å². The van der Waals surface area contributed by atoms with Crippen molar-refractivity contribution in [3.63, 3.8) is 0 Å². The van der Waals surface area contributed by atoms with Gasteiger partial charge in [0.2, 0.25) is 0 Å². The first-order valence-electron chi connectivity index (χ1n) is 6.65. The molecule has 0 atom stereocenters. The first-order chi connectivity index (χ1) is 10.0. The van der Waals surface area contributed by atoms with E-state index < -0.39 is 0 Å². The third-order valence-corrected chi connectivity index (χ3v) is 2.85. The predicted octanol–water partition coefficient (Wildman–Crippen LogP) is 2.17. The Hall–Kier alpha value is -2.63. The number of pyridine rings is 2. The van der Waals surface area contributed by atoms with Crippen LogP contribution in [0.4, 0.5) is 16.4 Å². The van der Waals surface area contributed by atoms with E-state index in [9.17, 15) is 4.79 Å². The summed E-state index contributed by atoms with van der Waals surface area (Å²) in [5, 5.41) is 5.50. The van der Waals surface area contributed by atoms with Crippen molar-refractivity contribution < 1.29 is 4.79 Å². The van der Waals surface area contributed by atoms with Gasteiger partial charge in [0.1, 0.15) is 11.6 Å². The van der Waals surface area contributed by atoms with E-state index in [0.29, 0.717) is 12.4 Å². The second-order valence-electron chi connectivity index (χ2n) is 4.89. The van der Waals surface area contributed by atoms with Crippen molar-refractivity contribution in [2.75, 3.05) is 24.3 Å². The van der Waals surface area contributed by atoms with Crippen LogP contribution >= 0.6 is 0 Å². The number of amides is 2. The Bertz CT molecular complexity index is 627. The number of urea groups is 1. The summed E-state index contributed by atoms with van der Waals surface area (Å²) in [6, 6.07) is 9.01. The molecule has 0 bridgehead atoms. The van der Waals surface area contributed by atoms with Crippen molar-refractivity contribution in [3.8, 4) is 0 Å². The number of aryl methyl sites for hydroxylation is 1. The number of carbonyl (C=O) groups is 1. The monoisotopic (exact) mass is 285 g/mol. The molecule has 21 heavy (non-hydrogen) atoms. The minimum atomic E-state index is -0.281. The number of hydrogen-bond donors (Lipinski definition) is 2. The molecule has 0 aromatic carbocycles. The van der Waals surface area contributed by atoms with Gasteiger partial charge in [0, 0.05) is 32.5 Å². The van der Waals surface area contributed by atoms with Gasteiger partial charge in [0.15, 0.2) is 0 Å². The second-order valence-corrected chi connectivity index (χ2v) is 4.89. The van der Waals surface area contributed by atoms with E-state index in [1.54, 1.807) is 12.3 Å². The van der Waals surface area contributed by atoms with Crippen molar-refractivity contribution in [2.45, 2.75) is 13.5 Å². The molecule has 2 N–H and O–H groups in total. The lowest BCUT2D eigenvalue weighted by Gasteiger charge is -2.12. The predicted molar refractivity (Wildman–Crippen MR) is 83.4 cm³/mol. The molecule has 0 spiro atoms. The minimum Gasteiger partial charge on any atom is -0.363 e. The van der Waals surface area contributed by atoms with Gasteiger partial charge in [-0.15, -0.1) is 0 Å². The minimum absolute atomic E-state index is 0.281. The van der Waals surface area contributed by atoms with Crippen LogP contribution in [0.5, 0.6) is 0 Å². The van der Waals surface area contributed by atoms with Crippen molar-refractivity contribution >= 4 is 17.7 Å². The first kappa shape index (κ1) is 14.8. The number of rotatable bonds is 4. The third kappa shape index (κ3) is 4.45. The molecule has 2 aromatic rings. The van der Waals surface area contributed by atoms with Gasteiger partial charge in [0.05, 0.1) is 0 Å². The number of carbonyl (C=O) groups excluding carboxylic acids is 1. The van der Waals surface area contributed by atoms with Crippen LogP contribution in [-0.2, 0) is 6.54 Å². The van der Waals surface area contributed by atoms with Crippen molar-refractivity contribution in [1.29, 1.82) is 0 Å². The maximum absolute atomic E-state index is 11.8.